The summed E-state index contributed by atoms with van der Waals surface area (Å²) in [7, 11) is 1.56. The maximum absolute atomic E-state index is 12.5. The molecule has 23 heavy (non-hydrogen) atoms. The zero-order valence-electron chi connectivity index (χ0n) is 13.8. The summed E-state index contributed by atoms with van der Waals surface area (Å²) < 4.78 is 5.32. The predicted octanol–water partition coefficient (Wildman–Crippen LogP) is 4.42. The number of hydrogen-bond donors (Lipinski definition) is 1. The second-order valence-corrected chi connectivity index (χ2v) is 6.87. The lowest BCUT2D eigenvalue weighted by molar-refractivity contribution is 0.102. The van der Waals surface area contributed by atoms with Crippen LogP contribution >= 0.6 is 23.1 Å². The van der Waals surface area contributed by atoms with Crippen LogP contribution in [0.25, 0.3) is 0 Å². The van der Waals surface area contributed by atoms with E-state index in [4.69, 9.17) is 4.74 Å². The maximum Gasteiger partial charge on any atom is 0.261 e. The minimum Gasteiger partial charge on any atom is -0.496 e. The molecule has 0 radical (unpaired) electrons. The topological polar surface area (TPSA) is 64.1 Å². The van der Waals surface area contributed by atoms with Crippen molar-refractivity contribution in [2.75, 3.05) is 18.7 Å². The molecule has 1 heterocycles. The number of thioether (sulfide) groups is 1. The highest BCUT2D eigenvalue weighted by atomic mass is 32.2. The van der Waals surface area contributed by atoms with Crippen molar-refractivity contribution >= 4 is 34.1 Å². The molecule has 0 saturated carbocycles. The summed E-state index contributed by atoms with van der Waals surface area (Å²) >= 11 is 3.04. The first-order valence-corrected chi connectivity index (χ1v) is 9.53. The molecule has 0 aliphatic heterocycles. The molecule has 1 N–H and O–H groups in total. The highest BCUT2D eigenvalue weighted by Gasteiger charge is 2.17. The molecule has 1 aromatic heterocycles. The van der Waals surface area contributed by atoms with E-state index in [0.717, 1.165) is 22.7 Å². The average Bonchev–Trinajstić information content (AvgIpc) is 3.03. The van der Waals surface area contributed by atoms with E-state index >= 15 is 0 Å². The molecule has 2 rings (SSSR count). The number of hydrogen-bond acceptors (Lipinski definition) is 6. The predicted molar refractivity (Wildman–Crippen MR) is 96.0 cm³/mol. The molecule has 7 heteroatoms. The number of carbonyl (C=O) groups excluding carboxylic acids is 1. The van der Waals surface area contributed by atoms with Crippen LogP contribution in [0.5, 0.6) is 5.75 Å². The van der Waals surface area contributed by atoms with Crippen LogP contribution in [0, 0.1) is 0 Å². The summed E-state index contributed by atoms with van der Waals surface area (Å²) in [5, 5.41) is 12.6. The molecule has 1 aromatic carbocycles. The molecule has 0 fully saturated rings. The van der Waals surface area contributed by atoms with E-state index < -0.39 is 0 Å². The molecule has 1 amide bonds. The van der Waals surface area contributed by atoms with E-state index in [9.17, 15) is 4.79 Å². The zero-order chi connectivity index (χ0) is 16.8. The van der Waals surface area contributed by atoms with E-state index in [-0.39, 0.29) is 5.91 Å². The normalized spacial score (nSPS) is 10.8. The van der Waals surface area contributed by atoms with Crippen molar-refractivity contribution < 1.29 is 9.53 Å². The van der Waals surface area contributed by atoms with Crippen LogP contribution < -0.4 is 10.1 Å². The van der Waals surface area contributed by atoms with Gasteiger partial charge in [0.05, 0.1) is 12.7 Å². The molecule has 2 aromatic rings. The van der Waals surface area contributed by atoms with Crippen molar-refractivity contribution in [3.63, 3.8) is 0 Å². The van der Waals surface area contributed by atoms with Crippen LogP contribution in [-0.4, -0.2) is 29.5 Å². The molecule has 0 aliphatic carbocycles. The van der Waals surface area contributed by atoms with Gasteiger partial charge in [-0.25, -0.2) is 0 Å². The van der Waals surface area contributed by atoms with Gasteiger partial charge in [0.15, 0.2) is 0 Å². The number of carbonyl (C=O) groups is 1. The third-order valence-corrected chi connectivity index (χ3v) is 5.38. The van der Waals surface area contributed by atoms with Crippen molar-refractivity contribution in [3.05, 3.63) is 28.8 Å². The quantitative estimate of drug-likeness (QED) is 0.748. The lowest BCUT2D eigenvalue weighted by atomic mass is 10.1. The second kappa shape index (κ2) is 8.31. The Bertz CT molecular complexity index is 669. The highest BCUT2D eigenvalue weighted by Crippen LogP contribution is 2.29. The van der Waals surface area contributed by atoms with Gasteiger partial charge in [-0.1, -0.05) is 25.2 Å². The van der Waals surface area contributed by atoms with Crippen molar-refractivity contribution in [2.24, 2.45) is 0 Å². The second-order valence-electron chi connectivity index (χ2n) is 4.98. The number of nitrogens with zero attached hydrogens (tertiary/aromatic N) is 2. The summed E-state index contributed by atoms with van der Waals surface area (Å²) in [5.41, 5.74) is 0.490. The van der Waals surface area contributed by atoms with Crippen LogP contribution in [0.3, 0.4) is 0 Å². The van der Waals surface area contributed by atoms with E-state index in [1.807, 2.05) is 18.4 Å². The van der Waals surface area contributed by atoms with Crippen molar-refractivity contribution in [1.82, 2.24) is 10.2 Å². The van der Waals surface area contributed by atoms with Gasteiger partial charge in [-0.15, -0.1) is 22.0 Å². The van der Waals surface area contributed by atoms with E-state index in [1.165, 1.54) is 11.3 Å². The Hall–Kier alpha value is -1.60. The van der Waals surface area contributed by atoms with Gasteiger partial charge in [0, 0.05) is 10.8 Å². The van der Waals surface area contributed by atoms with Gasteiger partial charge >= 0.3 is 0 Å². The van der Waals surface area contributed by atoms with Crippen LogP contribution in [0.4, 0.5) is 5.13 Å². The number of amides is 1. The van der Waals surface area contributed by atoms with Gasteiger partial charge in [-0.3, -0.25) is 10.1 Å². The average molecular weight is 351 g/mol. The lowest BCUT2D eigenvalue weighted by Crippen LogP contribution is -2.13. The van der Waals surface area contributed by atoms with Gasteiger partial charge < -0.3 is 4.74 Å². The van der Waals surface area contributed by atoms with Crippen molar-refractivity contribution in [3.8, 4) is 5.75 Å². The molecular weight excluding hydrogens is 330 g/mol. The van der Waals surface area contributed by atoms with Crippen LogP contribution in [0.2, 0.25) is 0 Å². The number of nitrogens with one attached hydrogen (secondary N) is 1. The monoisotopic (exact) mass is 351 g/mol. The number of aromatic nitrogens is 2. The van der Waals surface area contributed by atoms with Gasteiger partial charge in [0.2, 0.25) is 5.13 Å². The van der Waals surface area contributed by atoms with Gasteiger partial charge in [0.1, 0.15) is 10.8 Å². The Morgan fingerprint density at radius 3 is 2.70 bits per heavy atom. The Kier molecular flexibility index (Phi) is 6.41. The zero-order valence-corrected chi connectivity index (χ0v) is 15.4. The van der Waals surface area contributed by atoms with Crippen molar-refractivity contribution in [1.29, 1.82) is 0 Å². The Morgan fingerprint density at radius 1 is 1.35 bits per heavy atom. The fraction of sp³-hybridized carbons (Fsp3) is 0.438. The summed E-state index contributed by atoms with van der Waals surface area (Å²) in [5.74, 6) is 0.717. The molecule has 0 spiro atoms. The van der Waals surface area contributed by atoms with Crippen LogP contribution in [-0.2, 0) is 0 Å². The smallest absolute Gasteiger partial charge is 0.261 e. The molecule has 0 aliphatic rings. The van der Waals surface area contributed by atoms with Gasteiger partial charge in [0.25, 0.3) is 5.91 Å². The lowest BCUT2D eigenvalue weighted by Gasteiger charge is -2.09. The summed E-state index contributed by atoms with van der Waals surface area (Å²) in [6, 6.07) is 5.52. The molecule has 0 atom stereocenters. The molecule has 5 nitrogen and oxygen atoms in total. The van der Waals surface area contributed by atoms with Crippen LogP contribution in [0.15, 0.2) is 23.1 Å². The summed E-state index contributed by atoms with van der Waals surface area (Å²) in [4.78, 5) is 13.5. The Labute approximate surface area is 144 Å². The number of methoxy groups -OCH3 is 1. The van der Waals surface area contributed by atoms with Gasteiger partial charge in [-0.2, -0.15) is 0 Å². The minimum absolute atomic E-state index is 0.234. The molecule has 0 unspecified atom stereocenters. The van der Waals surface area contributed by atoms with Crippen LogP contribution in [0.1, 0.15) is 48.0 Å². The Morgan fingerprint density at radius 2 is 2.09 bits per heavy atom. The van der Waals surface area contributed by atoms with E-state index in [2.05, 4.69) is 29.4 Å². The first kappa shape index (κ1) is 17.7. The van der Waals surface area contributed by atoms with Gasteiger partial charge in [-0.05, 0) is 37.3 Å². The third-order valence-electron chi connectivity index (χ3n) is 3.65. The number of rotatable bonds is 7. The first-order chi connectivity index (χ1) is 11.1. The summed E-state index contributed by atoms with van der Waals surface area (Å²) in [6.07, 6.45) is 4.02. The highest BCUT2D eigenvalue weighted by molar-refractivity contribution is 7.98. The number of benzene rings is 1. The fourth-order valence-electron chi connectivity index (χ4n) is 2.24. The minimum atomic E-state index is -0.234. The van der Waals surface area contributed by atoms with E-state index in [1.54, 1.807) is 24.9 Å². The number of anilines is 1. The number of ether oxygens (including phenoxy) is 1. The largest absolute Gasteiger partial charge is 0.496 e. The third kappa shape index (κ3) is 4.23. The fourth-order valence-corrected chi connectivity index (χ4v) is 3.67. The first-order valence-electron chi connectivity index (χ1n) is 7.49. The molecular formula is C16H21N3O2S2. The Balaban J connectivity index is 2.16. The molecule has 124 valence electrons. The standard InChI is InChI=1S/C16H21N3O2S2/c1-5-10(6-2)15-18-19-16(23-15)17-14(20)12-8-7-11(22-4)9-13(12)21-3/h7-10H,5-6H2,1-4H3,(H,17,19,20). The SMILES string of the molecule is CCC(CC)c1nnc(NC(=O)c2ccc(SC)cc2OC)s1. The molecule has 0 bridgehead atoms. The maximum atomic E-state index is 12.5. The van der Waals surface area contributed by atoms with E-state index in [0.29, 0.717) is 22.4 Å². The molecule has 0 saturated heterocycles. The van der Waals surface area contributed by atoms with Crippen molar-refractivity contribution in [2.45, 2.75) is 37.5 Å². The summed E-state index contributed by atoms with van der Waals surface area (Å²) in [6.45, 7) is 4.26.